The van der Waals surface area contributed by atoms with Gasteiger partial charge in [-0.15, -0.1) is 0 Å². The minimum Gasteiger partial charge on any atom is -0.449 e. The van der Waals surface area contributed by atoms with Crippen molar-refractivity contribution in [2.24, 2.45) is 0 Å². The van der Waals surface area contributed by atoms with Crippen molar-refractivity contribution in [3.63, 3.8) is 0 Å². The zero-order valence-corrected chi connectivity index (χ0v) is 13.0. The number of rotatable bonds is 4. The fourth-order valence-corrected chi connectivity index (χ4v) is 2.56. The maximum atomic E-state index is 12.0. The molecule has 1 aromatic heterocycles. The lowest BCUT2D eigenvalue weighted by atomic mass is 10.2. The summed E-state index contributed by atoms with van der Waals surface area (Å²) in [6.45, 7) is 2.49. The van der Waals surface area contributed by atoms with E-state index in [9.17, 15) is 4.79 Å². The molecule has 3 nitrogen and oxygen atoms in total. The van der Waals surface area contributed by atoms with E-state index in [0.29, 0.717) is 17.1 Å². The maximum Gasteiger partial charge on any atom is 0.418 e. The van der Waals surface area contributed by atoms with E-state index in [4.69, 9.17) is 16.3 Å². The zero-order valence-electron chi connectivity index (χ0n) is 10.7. The number of hydrogen-bond donors (Lipinski definition) is 0. The number of nitrogens with zero attached hydrogens (tertiary/aromatic N) is 1. The summed E-state index contributed by atoms with van der Waals surface area (Å²) in [6, 6.07) is 5.73. The lowest BCUT2D eigenvalue weighted by Crippen LogP contribution is -2.13. The highest BCUT2D eigenvalue weighted by Gasteiger charge is 2.13. The minimum atomic E-state index is -0.378. The van der Waals surface area contributed by atoms with E-state index < -0.39 is 0 Å². The number of halogens is 2. The third kappa shape index (κ3) is 3.12. The highest BCUT2D eigenvalue weighted by Crippen LogP contribution is 2.27. The highest BCUT2D eigenvalue weighted by atomic mass is 79.9. The molecule has 102 valence electrons. The van der Waals surface area contributed by atoms with Crippen molar-refractivity contribution < 1.29 is 9.53 Å². The molecule has 0 N–H and O–H groups in total. The van der Waals surface area contributed by atoms with Crippen molar-refractivity contribution in [3.05, 3.63) is 35.0 Å². The van der Waals surface area contributed by atoms with E-state index in [1.165, 1.54) is 4.57 Å². The van der Waals surface area contributed by atoms with Crippen LogP contribution in [0.5, 0.6) is 0 Å². The van der Waals surface area contributed by atoms with E-state index in [1.54, 1.807) is 6.20 Å². The lowest BCUT2D eigenvalue weighted by Gasteiger charge is -2.07. The number of unbranched alkanes of at least 4 members (excludes halogenated alkanes) is 1. The Morgan fingerprint density at radius 3 is 2.95 bits per heavy atom. The largest absolute Gasteiger partial charge is 0.449 e. The predicted octanol–water partition coefficient (Wildman–Crippen LogP) is 4.97. The Labute approximate surface area is 125 Å². The van der Waals surface area contributed by atoms with Crippen LogP contribution in [0.3, 0.4) is 0 Å². The van der Waals surface area contributed by atoms with Crippen molar-refractivity contribution in [1.29, 1.82) is 0 Å². The van der Waals surface area contributed by atoms with Crippen LogP contribution in [0.1, 0.15) is 25.3 Å². The second kappa shape index (κ2) is 6.44. The van der Waals surface area contributed by atoms with Gasteiger partial charge in [-0.05, 0) is 30.2 Å². The Hall–Kier alpha value is -1.000. The molecule has 2 aromatic rings. The van der Waals surface area contributed by atoms with Crippen LogP contribution in [0.2, 0.25) is 5.02 Å². The molecular weight excluding hydrogens is 330 g/mol. The molecule has 0 atom stereocenters. The minimum absolute atomic E-state index is 0.378. The quantitative estimate of drug-likeness (QED) is 0.579. The molecule has 19 heavy (non-hydrogen) atoms. The van der Waals surface area contributed by atoms with Gasteiger partial charge in [0.1, 0.15) is 0 Å². The lowest BCUT2D eigenvalue weighted by molar-refractivity contribution is 0.147. The van der Waals surface area contributed by atoms with Gasteiger partial charge < -0.3 is 4.74 Å². The van der Waals surface area contributed by atoms with Crippen molar-refractivity contribution >= 4 is 44.5 Å². The summed E-state index contributed by atoms with van der Waals surface area (Å²) in [5.74, 6) is 0. The maximum absolute atomic E-state index is 12.0. The van der Waals surface area contributed by atoms with E-state index in [2.05, 4.69) is 22.9 Å². The second-order valence-corrected chi connectivity index (χ2v) is 5.27. The molecule has 5 heteroatoms. The topological polar surface area (TPSA) is 31.2 Å². The average Bonchev–Trinajstić information content (AvgIpc) is 2.83. The summed E-state index contributed by atoms with van der Waals surface area (Å²) >= 11 is 9.64. The van der Waals surface area contributed by atoms with Gasteiger partial charge in [0.25, 0.3) is 0 Å². The summed E-state index contributed by atoms with van der Waals surface area (Å²) in [7, 11) is 0. The molecule has 0 fully saturated rings. The second-order valence-electron chi connectivity index (χ2n) is 4.30. The summed E-state index contributed by atoms with van der Waals surface area (Å²) in [4.78, 5) is 12.0. The molecule has 1 aromatic carbocycles. The normalized spacial score (nSPS) is 10.9. The summed E-state index contributed by atoms with van der Waals surface area (Å²) in [5.41, 5.74) is 1.78. The number of aromatic nitrogens is 1. The first-order chi connectivity index (χ1) is 9.17. The van der Waals surface area contributed by atoms with Gasteiger partial charge in [0, 0.05) is 16.9 Å². The predicted molar refractivity (Wildman–Crippen MR) is 81.2 cm³/mol. The Morgan fingerprint density at radius 1 is 1.47 bits per heavy atom. The van der Waals surface area contributed by atoms with Gasteiger partial charge in [-0.25, -0.2) is 4.79 Å². The van der Waals surface area contributed by atoms with Crippen LogP contribution in [-0.2, 0) is 10.1 Å². The Bertz CT molecular complexity index is 594. The highest BCUT2D eigenvalue weighted by molar-refractivity contribution is 9.08. The third-order valence-electron chi connectivity index (χ3n) is 2.87. The molecule has 0 saturated heterocycles. The molecule has 0 radical (unpaired) electrons. The standard InChI is InChI=1S/C14H15BrClNO2/c1-2-3-6-19-14(18)17-5-4-11-7-10(9-15)8-12(16)13(11)17/h4-5,7-8H,2-3,6,9H2,1H3. The molecule has 0 bridgehead atoms. The molecule has 0 spiro atoms. The van der Waals surface area contributed by atoms with Crippen LogP contribution in [0.15, 0.2) is 24.4 Å². The van der Waals surface area contributed by atoms with Gasteiger partial charge in [0.15, 0.2) is 0 Å². The van der Waals surface area contributed by atoms with Gasteiger partial charge in [0.05, 0.1) is 17.1 Å². The van der Waals surface area contributed by atoms with Crippen LogP contribution < -0.4 is 0 Å². The first kappa shape index (κ1) is 14.4. The number of carbonyl (C=O) groups is 1. The molecule has 0 aliphatic carbocycles. The number of fused-ring (bicyclic) bond motifs is 1. The number of ether oxygens (including phenoxy) is 1. The fraction of sp³-hybridized carbons (Fsp3) is 0.357. The van der Waals surface area contributed by atoms with Gasteiger partial charge in [-0.3, -0.25) is 4.57 Å². The van der Waals surface area contributed by atoms with Crippen LogP contribution in [0.25, 0.3) is 10.9 Å². The van der Waals surface area contributed by atoms with E-state index >= 15 is 0 Å². The molecule has 0 aliphatic heterocycles. The molecule has 0 saturated carbocycles. The fourth-order valence-electron chi connectivity index (χ4n) is 1.89. The summed E-state index contributed by atoms with van der Waals surface area (Å²) in [6.07, 6.45) is 3.18. The molecule has 0 unspecified atom stereocenters. The number of carbonyl (C=O) groups excluding carboxylic acids is 1. The molecular formula is C14H15BrClNO2. The Kier molecular flexibility index (Phi) is 4.88. The number of hydrogen-bond acceptors (Lipinski definition) is 2. The van der Waals surface area contributed by atoms with Gasteiger partial charge in [0.2, 0.25) is 0 Å². The van der Waals surface area contributed by atoms with Gasteiger partial charge in [-0.2, -0.15) is 0 Å². The number of alkyl halides is 1. The van der Waals surface area contributed by atoms with Crippen LogP contribution in [-0.4, -0.2) is 17.3 Å². The van der Waals surface area contributed by atoms with Crippen LogP contribution >= 0.6 is 27.5 Å². The van der Waals surface area contributed by atoms with Crippen LogP contribution in [0.4, 0.5) is 4.79 Å². The monoisotopic (exact) mass is 343 g/mol. The number of benzene rings is 1. The van der Waals surface area contributed by atoms with Crippen molar-refractivity contribution in [3.8, 4) is 0 Å². The van der Waals surface area contributed by atoms with Gasteiger partial charge in [-0.1, -0.05) is 40.9 Å². The van der Waals surface area contributed by atoms with Crippen molar-refractivity contribution in [2.75, 3.05) is 6.61 Å². The Morgan fingerprint density at radius 2 is 2.26 bits per heavy atom. The SMILES string of the molecule is CCCCOC(=O)n1ccc2cc(CBr)cc(Cl)c21. The van der Waals surface area contributed by atoms with E-state index in [-0.39, 0.29) is 6.09 Å². The average molecular weight is 345 g/mol. The smallest absolute Gasteiger partial charge is 0.418 e. The van der Waals surface area contributed by atoms with Crippen molar-refractivity contribution in [1.82, 2.24) is 4.57 Å². The van der Waals surface area contributed by atoms with Crippen LogP contribution in [0, 0.1) is 0 Å². The molecule has 2 rings (SSSR count). The molecule has 0 amide bonds. The van der Waals surface area contributed by atoms with E-state index in [0.717, 1.165) is 29.1 Å². The molecule has 1 heterocycles. The Balaban J connectivity index is 2.32. The van der Waals surface area contributed by atoms with Gasteiger partial charge >= 0.3 is 6.09 Å². The first-order valence-corrected chi connectivity index (χ1v) is 7.70. The first-order valence-electron chi connectivity index (χ1n) is 6.20. The van der Waals surface area contributed by atoms with E-state index in [1.807, 2.05) is 18.2 Å². The third-order valence-corrected chi connectivity index (χ3v) is 3.81. The molecule has 0 aliphatic rings. The van der Waals surface area contributed by atoms with Crippen molar-refractivity contribution in [2.45, 2.75) is 25.1 Å². The summed E-state index contributed by atoms with van der Waals surface area (Å²) < 4.78 is 6.67. The zero-order chi connectivity index (χ0) is 13.8. The summed E-state index contributed by atoms with van der Waals surface area (Å²) in [5, 5.41) is 2.23.